The SMILES string of the molecule is COc1cc(CCC(=O)NCCN)cc(OC)c1.Cl. The van der Waals surface area contributed by atoms with Crippen LogP contribution < -0.4 is 20.5 Å². The molecule has 1 aromatic rings. The number of aryl methyl sites for hydroxylation is 1. The first kappa shape index (κ1) is 17.5. The Balaban J connectivity index is 0.00000324. The van der Waals surface area contributed by atoms with Crippen LogP contribution in [-0.2, 0) is 11.2 Å². The van der Waals surface area contributed by atoms with Gasteiger partial charge >= 0.3 is 0 Å². The fraction of sp³-hybridized carbons (Fsp3) is 0.462. The summed E-state index contributed by atoms with van der Waals surface area (Å²) in [4.78, 5) is 11.5. The summed E-state index contributed by atoms with van der Waals surface area (Å²) in [6.07, 6.45) is 1.07. The van der Waals surface area contributed by atoms with Crippen LogP contribution in [0.25, 0.3) is 0 Å². The smallest absolute Gasteiger partial charge is 0.220 e. The molecule has 0 radical (unpaired) electrons. The lowest BCUT2D eigenvalue weighted by Crippen LogP contribution is -2.29. The quantitative estimate of drug-likeness (QED) is 0.789. The zero-order chi connectivity index (χ0) is 13.4. The molecule has 0 unspecified atom stereocenters. The molecule has 0 fully saturated rings. The van der Waals surface area contributed by atoms with E-state index in [1.165, 1.54) is 0 Å². The molecule has 1 amide bonds. The van der Waals surface area contributed by atoms with Crippen molar-refractivity contribution in [3.63, 3.8) is 0 Å². The maximum absolute atomic E-state index is 11.5. The Kier molecular flexibility index (Phi) is 8.74. The van der Waals surface area contributed by atoms with E-state index in [1.807, 2.05) is 12.1 Å². The Bertz CT molecular complexity index is 377. The van der Waals surface area contributed by atoms with Gasteiger partial charge in [0, 0.05) is 25.6 Å². The molecular formula is C13H21ClN2O3. The molecule has 0 aliphatic rings. The molecule has 0 saturated carbocycles. The average molecular weight is 289 g/mol. The number of halogens is 1. The van der Waals surface area contributed by atoms with Gasteiger partial charge in [-0.25, -0.2) is 0 Å². The largest absolute Gasteiger partial charge is 0.497 e. The number of nitrogens with two attached hydrogens (primary N) is 1. The number of amides is 1. The van der Waals surface area contributed by atoms with Crippen LogP contribution in [0.2, 0.25) is 0 Å². The van der Waals surface area contributed by atoms with Gasteiger partial charge in [-0.1, -0.05) is 0 Å². The zero-order valence-corrected chi connectivity index (χ0v) is 12.1. The lowest BCUT2D eigenvalue weighted by Gasteiger charge is -2.08. The molecule has 1 aromatic carbocycles. The van der Waals surface area contributed by atoms with Crippen LogP contribution in [0.4, 0.5) is 0 Å². The molecule has 3 N–H and O–H groups in total. The first-order chi connectivity index (χ1) is 8.69. The minimum atomic E-state index is 0. The van der Waals surface area contributed by atoms with Gasteiger partial charge in [-0.3, -0.25) is 4.79 Å². The summed E-state index contributed by atoms with van der Waals surface area (Å²) in [7, 11) is 3.21. The summed E-state index contributed by atoms with van der Waals surface area (Å²) in [5.74, 6) is 1.46. The number of rotatable bonds is 7. The van der Waals surface area contributed by atoms with Crippen LogP contribution in [0.5, 0.6) is 11.5 Å². The lowest BCUT2D eigenvalue weighted by atomic mass is 10.1. The minimum Gasteiger partial charge on any atom is -0.497 e. The van der Waals surface area contributed by atoms with Crippen LogP contribution in [0.15, 0.2) is 18.2 Å². The van der Waals surface area contributed by atoms with Gasteiger partial charge in [0.15, 0.2) is 0 Å². The highest BCUT2D eigenvalue weighted by Gasteiger charge is 2.05. The normalized spacial score (nSPS) is 9.42. The molecule has 19 heavy (non-hydrogen) atoms. The summed E-state index contributed by atoms with van der Waals surface area (Å²) in [6.45, 7) is 0.971. The summed E-state index contributed by atoms with van der Waals surface area (Å²) < 4.78 is 10.3. The summed E-state index contributed by atoms with van der Waals surface area (Å²) in [6, 6.07) is 5.61. The molecule has 6 heteroatoms. The molecule has 0 aliphatic heterocycles. The van der Waals surface area contributed by atoms with Crippen LogP contribution >= 0.6 is 12.4 Å². The minimum absolute atomic E-state index is 0. The van der Waals surface area contributed by atoms with E-state index in [1.54, 1.807) is 20.3 Å². The Labute approximate surface area is 119 Å². The van der Waals surface area contributed by atoms with Crippen molar-refractivity contribution in [2.45, 2.75) is 12.8 Å². The van der Waals surface area contributed by atoms with E-state index in [2.05, 4.69) is 5.32 Å². The molecular weight excluding hydrogens is 268 g/mol. The Morgan fingerprint density at radius 3 is 2.26 bits per heavy atom. The molecule has 0 spiro atoms. The molecule has 0 aromatic heterocycles. The highest BCUT2D eigenvalue weighted by Crippen LogP contribution is 2.23. The van der Waals surface area contributed by atoms with E-state index in [4.69, 9.17) is 15.2 Å². The van der Waals surface area contributed by atoms with E-state index in [0.717, 1.165) is 17.1 Å². The van der Waals surface area contributed by atoms with Crippen molar-refractivity contribution in [3.8, 4) is 11.5 Å². The number of hydrogen-bond acceptors (Lipinski definition) is 4. The maximum Gasteiger partial charge on any atom is 0.220 e. The first-order valence-corrected chi connectivity index (χ1v) is 5.88. The van der Waals surface area contributed by atoms with Gasteiger partial charge in [0.05, 0.1) is 14.2 Å². The number of methoxy groups -OCH3 is 2. The number of hydrogen-bond donors (Lipinski definition) is 2. The second-order valence-electron chi connectivity index (χ2n) is 3.86. The van der Waals surface area contributed by atoms with E-state index in [9.17, 15) is 4.79 Å². The van der Waals surface area contributed by atoms with E-state index >= 15 is 0 Å². The highest BCUT2D eigenvalue weighted by molar-refractivity contribution is 5.85. The third-order valence-electron chi connectivity index (χ3n) is 2.52. The summed E-state index contributed by atoms with van der Waals surface area (Å²) in [5, 5.41) is 2.73. The molecule has 0 aliphatic carbocycles. The Morgan fingerprint density at radius 1 is 1.21 bits per heavy atom. The third-order valence-corrected chi connectivity index (χ3v) is 2.52. The summed E-state index contributed by atoms with van der Waals surface area (Å²) >= 11 is 0. The summed E-state index contributed by atoms with van der Waals surface area (Å²) in [5.41, 5.74) is 6.32. The van der Waals surface area contributed by atoms with Crippen molar-refractivity contribution in [2.75, 3.05) is 27.3 Å². The van der Waals surface area contributed by atoms with Crippen molar-refractivity contribution < 1.29 is 14.3 Å². The lowest BCUT2D eigenvalue weighted by molar-refractivity contribution is -0.121. The second-order valence-corrected chi connectivity index (χ2v) is 3.86. The predicted molar refractivity (Wildman–Crippen MR) is 77.2 cm³/mol. The molecule has 0 saturated heterocycles. The number of carbonyl (C=O) groups excluding carboxylic acids is 1. The molecule has 108 valence electrons. The average Bonchev–Trinajstić information content (AvgIpc) is 2.42. The number of nitrogens with one attached hydrogen (secondary N) is 1. The van der Waals surface area contributed by atoms with E-state index in [-0.39, 0.29) is 18.3 Å². The van der Waals surface area contributed by atoms with Gasteiger partial charge in [0.25, 0.3) is 0 Å². The van der Waals surface area contributed by atoms with Crippen molar-refractivity contribution in [2.24, 2.45) is 5.73 Å². The molecule has 0 bridgehead atoms. The topological polar surface area (TPSA) is 73.6 Å². The zero-order valence-electron chi connectivity index (χ0n) is 11.3. The predicted octanol–water partition coefficient (Wildman–Crippen LogP) is 1.13. The van der Waals surface area contributed by atoms with E-state index in [0.29, 0.717) is 25.9 Å². The molecule has 5 nitrogen and oxygen atoms in total. The van der Waals surface area contributed by atoms with Gasteiger partial charge in [0.1, 0.15) is 11.5 Å². The first-order valence-electron chi connectivity index (χ1n) is 5.88. The number of benzene rings is 1. The monoisotopic (exact) mass is 288 g/mol. The molecule has 0 atom stereocenters. The highest BCUT2D eigenvalue weighted by atomic mass is 35.5. The van der Waals surface area contributed by atoms with Crippen molar-refractivity contribution in [3.05, 3.63) is 23.8 Å². The van der Waals surface area contributed by atoms with Crippen LogP contribution in [0, 0.1) is 0 Å². The third kappa shape index (κ3) is 6.31. The van der Waals surface area contributed by atoms with Crippen LogP contribution in [-0.4, -0.2) is 33.2 Å². The van der Waals surface area contributed by atoms with Crippen molar-refractivity contribution in [1.29, 1.82) is 0 Å². The van der Waals surface area contributed by atoms with Gasteiger partial charge in [-0.2, -0.15) is 0 Å². The maximum atomic E-state index is 11.5. The van der Waals surface area contributed by atoms with E-state index < -0.39 is 0 Å². The van der Waals surface area contributed by atoms with Crippen LogP contribution in [0.3, 0.4) is 0 Å². The number of ether oxygens (including phenoxy) is 2. The second kappa shape index (κ2) is 9.47. The molecule has 1 rings (SSSR count). The van der Waals surface area contributed by atoms with Crippen molar-refractivity contribution >= 4 is 18.3 Å². The standard InChI is InChI=1S/C13H20N2O3.ClH/c1-17-11-7-10(8-12(9-11)18-2)3-4-13(16)15-6-5-14;/h7-9H,3-6,14H2,1-2H3,(H,15,16);1H. The number of carbonyl (C=O) groups is 1. The van der Waals surface area contributed by atoms with Gasteiger partial charge in [-0.15, -0.1) is 12.4 Å². The van der Waals surface area contributed by atoms with Gasteiger partial charge in [-0.05, 0) is 24.1 Å². The van der Waals surface area contributed by atoms with Gasteiger partial charge in [0.2, 0.25) is 5.91 Å². The fourth-order valence-electron chi connectivity index (χ4n) is 1.57. The van der Waals surface area contributed by atoms with Gasteiger partial charge < -0.3 is 20.5 Å². The Hall–Kier alpha value is -1.46. The fourth-order valence-corrected chi connectivity index (χ4v) is 1.57. The molecule has 0 heterocycles. The van der Waals surface area contributed by atoms with Crippen LogP contribution in [0.1, 0.15) is 12.0 Å². The van der Waals surface area contributed by atoms with Crippen molar-refractivity contribution in [1.82, 2.24) is 5.32 Å². The Morgan fingerprint density at radius 2 is 1.79 bits per heavy atom.